The van der Waals surface area contributed by atoms with E-state index in [9.17, 15) is 9.90 Å². The second-order valence-electron chi connectivity index (χ2n) is 6.50. The normalized spacial score (nSPS) is 13.5. The van der Waals surface area contributed by atoms with Gasteiger partial charge >= 0.3 is 5.97 Å². The molecule has 3 aromatic rings. The number of methoxy groups -OCH3 is 1. The largest absolute Gasteiger partial charge is 0.467 e. The first kappa shape index (κ1) is 18.2. The van der Waals surface area contributed by atoms with E-state index in [1.54, 1.807) is 0 Å². The number of para-hydroxylation sites is 1. The van der Waals surface area contributed by atoms with Crippen LogP contribution in [-0.2, 0) is 28.1 Å². The fourth-order valence-corrected chi connectivity index (χ4v) is 3.22. The molecule has 1 atom stereocenters. The summed E-state index contributed by atoms with van der Waals surface area (Å²) in [6.07, 6.45) is 0.680. The Bertz CT molecular complexity index is 885. The summed E-state index contributed by atoms with van der Waals surface area (Å²) in [5.41, 5.74) is 1.81. The summed E-state index contributed by atoms with van der Waals surface area (Å²) in [4.78, 5) is 15.3. The summed E-state index contributed by atoms with van der Waals surface area (Å²) in [7, 11) is 1.28. The number of carbonyl (C=O) groups is 1. The number of benzene rings is 2. The predicted molar refractivity (Wildman–Crippen MR) is 102 cm³/mol. The second-order valence-corrected chi connectivity index (χ2v) is 6.50. The molecule has 5 heteroatoms. The van der Waals surface area contributed by atoms with E-state index in [0.29, 0.717) is 12.1 Å². The fourth-order valence-electron chi connectivity index (χ4n) is 3.22. The third kappa shape index (κ3) is 3.64. The Labute approximate surface area is 153 Å². The third-order valence-corrected chi connectivity index (χ3v) is 4.61. The quantitative estimate of drug-likeness (QED) is 0.451. The van der Waals surface area contributed by atoms with E-state index in [4.69, 9.17) is 4.74 Å². The highest BCUT2D eigenvalue weighted by atomic mass is 16.5. The number of ether oxygens (including phenoxy) is 1. The molecule has 3 N–H and O–H groups in total. The third-order valence-electron chi connectivity index (χ3n) is 4.61. The first-order valence-corrected chi connectivity index (χ1v) is 8.69. The molecule has 2 aromatic carbocycles. The Kier molecular flexibility index (Phi) is 5.40. The zero-order valence-electron chi connectivity index (χ0n) is 15.1. The summed E-state index contributed by atoms with van der Waals surface area (Å²) in [5.74, 6) is -0.678. The first-order valence-electron chi connectivity index (χ1n) is 8.69. The molecular weight excluding hydrogens is 328 g/mol. The Morgan fingerprint density at radius 3 is 2.58 bits per heavy atom. The topological polar surface area (TPSA) is 74.3 Å². The number of carbonyl (C=O) groups excluding carboxylic acids is 1. The Hall–Kier alpha value is -2.63. The average Bonchev–Trinajstić information content (AvgIpc) is 3.05. The highest BCUT2D eigenvalue weighted by molar-refractivity contribution is 5.89. The number of aromatic nitrogens is 1. The monoisotopic (exact) mass is 352 g/mol. The van der Waals surface area contributed by atoms with Crippen LogP contribution in [0.2, 0.25) is 0 Å². The molecule has 0 amide bonds. The maximum Gasteiger partial charge on any atom is 0.343 e. The molecule has 0 aliphatic rings. The summed E-state index contributed by atoms with van der Waals surface area (Å²) < 4.78 is 4.78. The lowest BCUT2D eigenvalue weighted by Crippen LogP contribution is -2.35. The van der Waals surface area contributed by atoms with E-state index in [-0.39, 0.29) is 0 Å². The van der Waals surface area contributed by atoms with Crippen LogP contribution in [0.4, 0.5) is 0 Å². The summed E-state index contributed by atoms with van der Waals surface area (Å²) in [5, 5.41) is 15.2. The van der Waals surface area contributed by atoms with E-state index in [1.165, 1.54) is 19.6 Å². The van der Waals surface area contributed by atoms with Gasteiger partial charge in [-0.1, -0.05) is 48.5 Å². The second kappa shape index (κ2) is 7.72. The number of aliphatic hydroxyl groups is 1. The molecule has 0 saturated heterocycles. The van der Waals surface area contributed by atoms with Crippen LogP contribution in [0.3, 0.4) is 0 Å². The van der Waals surface area contributed by atoms with Gasteiger partial charge in [-0.15, -0.1) is 0 Å². The predicted octanol–water partition coefficient (Wildman–Crippen LogP) is 2.88. The molecule has 3 rings (SSSR count). The molecule has 0 bridgehead atoms. The number of aromatic amines is 1. The molecule has 0 spiro atoms. The molecule has 0 aliphatic heterocycles. The Morgan fingerprint density at radius 1 is 1.15 bits per heavy atom. The zero-order valence-corrected chi connectivity index (χ0v) is 15.1. The van der Waals surface area contributed by atoms with E-state index >= 15 is 0 Å². The number of hydrogen-bond acceptors (Lipinski definition) is 4. The van der Waals surface area contributed by atoms with Crippen LogP contribution in [-0.4, -0.2) is 29.7 Å². The fraction of sp³-hybridized carbons (Fsp3) is 0.286. The SMILES string of the molecule is COC(=O)C(C)(O)c1[nH]c2ccccc2c1CCNCc1ccccc1. The number of H-pyrrole nitrogens is 1. The number of nitrogens with one attached hydrogen (secondary N) is 2. The first-order chi connectivity index (χ1) is 12.5. The van der Waals surface area contributed by atoms with E-state index in [0.717, 1.165) is 29.6 Å². The summed E-state index contributed by atoms with van der Waals surface area (Å²) >= 11 is 0. The van der Waals surface area contributed by atoms with Crippen molar-refractivity contribution in [2.75, 3.05) is 13.7 Å². The molecule has 1 aromatic heterocycles. The average molecular weight is 352 g/mol. The smallest absolute Gasteiger partial charge is 0.343 e. The van der Waals surface area contributed by atoms with Crippen molar-refractivity contribution in [2.24, 2.45) is 0 Å². The molecule has 5 nitrogen and oxygen atoms in total. The van der Waals surface area contributed by atoms with Crippen LogP contribution in [0.5, 0.6) is 0 Å². The van der Waals surface area contributed by atoms with Gasteiger partial charge in [-0.2, -0.15) is 0 Å². The van der Waals surface area contributed by atoms with Gasteiger partial charge in [-0.25, -0.2) is 4.79 Å². The lowest BCUT2D eigenvalue weighted by Gasteiger charge is -2.21. The van der Waals surface area contributed by atoms with Gasteiger partial charge in [0.25, 0.3) is 0 Å². The van der Waals surface area contributed by atoms with Gasteiger partial charge in [-0.3, -0.25) is 0 Å². The highest BCUT2D eigenvalue weighted by Gasteiger charge is 2.37. The standard InChI is InChI=1S/C21H24N2O3/c1-21(25,20(24)26-2)19-17(16-10-6-7-11-18(16)23-19)12-13-22-14-15-8-4-3-5-9-15/h3-11,22-23,25H,12-14H2,1-2H3. The highest BCUT2D eigenvalue weighted by Crippen LogP contribution is 2.31. The van der Waals surface area contributed by atoms with Crippen LogP contribution in [0, 0.1) is 0 Å². The minimum Gasteiger partial charge on any atom is -0.467 e. The van der Waals surface area contributed by atoms with Gasteiger partial charge < -0.3 is 20.1 Å². The summed E-state index contributed by atoms with van der Waals surface area (Å²) in [6, 6.07) is 18.0. The van der Waals surface area contributed by atoms with Crippen molar-refractivity contribution in [3.05, 3.63) is 71.4 Å². The number of esters is 1. The molecular formula is C21H24N2O3. The molecule has 0 fully saturated rings. The van der Waals surface area contributed by atoms with Gasteiger partial charge in [0.15, 0.2) is 5.60 Å². The molecule has 26 heavy (non-hydrogen) atoms. The molecule has 136 valence electrons. The van der Waals surface area contributed by atoms with Crippen molar-refractivity contribution >= 4 is 16.9 Å². The van der Waals surface area contributed by atoms with Gasteiger partial charge in [0.2, 0.25) is 0 Å². The van der Waals surface area contributed by atoms with Crippen molar-refractivity contribution in [3.63, 3.8) is 0 Å². The minimum atomic E-state index is -1.72. The van der Waals surface area contributed by atoms with Gasteiger partial charge in [0, 0.05) is 17.4 Å². The van der Waals surface area contributed by atoms with Crippen molar-refractivity contribution in [1.29, 1.82) is 0 Å². The van der Waals surface area contributed by atoms with Crippen LogP contribution in [0.1, 0.15) is 23.7 Å². The number of rotatable bonds is 7. The van der Waals surface area contributed by atoms with Crippen molar-refractivity contribution in [1.82, 2.24) is 10.3 Å². The molecule has 1 heterocycles. The van der Waals surface area contributed by atoms with Crippen LogP contribution < -0.4 is 5.32 Å². The van der Waals surface area contributed by atoms with Gasteiger partial charge in [0.05, 0.1) is 12.8 Å². The Balaban J connectivity index is 1.82. The Morgan fingerprint density at radius 2 is 1.85 bits per heavy atom. The molecule has 0 saturated carbocycles. The minimum absolute atomic E-state index is 0.493. The number of hydrogen-bond donors (Lipinski definition) is 3. The summed E-state index contributed by atoms with van der Waals surface area (Å²) in [6.45, 7) is 2.96. The molecule has 0 aliphatic carbocycles. The number of fused-ring (bicyclic) bond motifs is 1. The van der Waals surface area contributed by atoms with Crippen molar-refractivity contribution in [2.45, 2.75) is 25.5 Å². The van der Waals surface area contributed by atoms with Gasteiger partial charge in [0.1, 0.15) is 0 Å². The molecule has 1 unspecified atom stereocenters. The van der Waals surface area contributed by atoms with E-state index in [1.807, 2.05) is 42.5 Å². The van der Waals surface area contributed by atoms with E-state index in [2.05, 4.69) is 22.4 Å². The van der Waals surface area contributed by atoms with Crippen molar-refractivity contribution < 1.29 is 14.6 Å². The maximum absolute atomic E-state index is 12.1. The zero-order chi connectivity index (χ0) is 18.6. The van der Waals surface area contributed by atoms with Crippen LogP contribution >= 0.6 is 0 Å². The maximum atomic E-state index is 12.1. The lowest BCUT2D eigenvalue weighted by molar-refractivity contribution is -0.161. The lowest BCUT2D eigenvalue weighted by atomic mass is 9.95. The van der Waals surface area contributed by atoms with Crippen LogP contribution in [0.15, 0.2) is 54.6 Å². The van der Waals surface area contributed by atoms with Crippen LogP contribution in [0.25, 0.3) is 10.9 Å². The van der Waals surface area contributed by atoms with Gasteiger partial charge in [-0.05, 0) is 37.1 Å². The molecule has 0 radical (unpaired) electrons. The van der Waals surface area contributed by atoms with E-state index < -0.39 is 11.6 Å². The van der Waals surface area contributed by atoms with Crippen molar-refractivity contribution in [3.8, 4) is 0 Å².